The second kappa shape index (κ2) is 8.40. The molecule has 0 saturated carbocycles. The average molecular weight is 430 g/mol. The molecule has 2 aromatic heterocycles. The van der Waals surface area contributed by atoms with Gasteiger partial charge in [-0.3, -0.25) is 14.2 Å². The molecule has 2 N–H and O–H groups in total. The summed E-state index contributed by atoms with van der Waals surface area (Å²) in [4.78, 5) is 28.3. The lowest BCUT2D eigenvalue weighted by molar-refractivity contribution is 0.102. The van der Waals surface area contributed by atoms with Crippen molar-refractivity contribution in [1.29, 1.82) is 5.26 Å². The fraction of sp³-hybridized carbons (Fsp3) is 0.125. The molecule has 0 aliphatic carbocycles. The van der Waals surface area contributed by atoms with Crippen LogP contribution in [0.25, 0.3) is 16.7 Å². The maximum absolute atomic E-state index is 13.7. The van der Waals surface area contributed by atoms with E-state index in [4.69, 9.17) is 10.00 Å². The highest BCUT2D eigenvalue weighted by molar-refractivity contribution is 6.05. The maximum atomic E-state index is 13.7. The molecule has 1 amide bonds. The van der Waals surface area contributed by atoms with E-state index in [2.05, 4.69) is 10.3 Å². The van der Waals surface area contributed by atoms with Gasteiger partial charge in [0, 0.05) is 17.1 Å². The first-order valence-electron chi connectivity index (χ1n) is 9.88. The number of anilines is 1. The number of halogens is 1. The number of nitrogens with one attached hydrogen (secondary N) is 2. The number of amides is 1. The molecular formula is C24H19FN4O3. The van der Waals surface area contributed by atoms with E-state index in [1.54, 1.807) is 36.4 Å². The molecule has 0 fully saturated rings. The highest BCUT2D eigenvalue weighted by Gasteiger charge is 2.15. The van der Waals surface area contributed by atoms with Crippen molar-refractivity contribution >= 4 is 22.6 Å². The predicted octanol–water partition coefficient (Wildman–Crippen LogP) is 4.37. The number of nitriles is 1. The molecule has 0 bridgehead atoms. The van der Waals surface area contributed by atoms with Crippen molar-refractivity contribution in [2.24, 2.45) is 0 Å². The van der Waals surface area contributed by atoms with Crippen LogP contribution in [0.2, 0.25) is 0 Å². The Balaban J connectivity index is 1.69. The molecule has 0 atom stereocenters. The zero-order valence-electron chi connectivity index (χ0n) is 17.3. The van der Waals surface area contributed by atoms with E-state index in [0.29, 0.717) is 22.5 Å². The number of hydrogen-bond donors (Lipinski definition) is 2. The first kappa shape index (κ1) is 20.9. The number of carbonyl (C=O) groups is 1. The Labute approximate surface area is 182 Å². The fourth-order valence-corrected chi connectivity index (χ4v) is 3.37. The van der Waals surface area contributed by atoms with Gasteiger partial charge in [-0.25, -0.2) is 4.39 Å². The van der Waals surface area contributed by atoms with E-state index in [0.717, 1.165) is 12.1 Å². The van der Waals surface area contributed by atoms with Gasteiger partial charge in [-0.1, -0.05) is 0 Å². The highest BCUT2D eigenvalue weighted by Crippen LogP contribution is 2.21. The summed E-state index contributed by atoms with van der Waals surface area (Å²) >= 11 is 0. The second-order valence-corrected chi connectivity index (χ2v) is 7.45. The van der Waals surface area contributed by atoms with Gasteiger partial charge in [0.1, 0.15) is 22.9 Å². The number of benzene rings is 2. The van der Waals surface area contributed by atoms with Gasteiger partial charge in [0.25, 0.3) is 11.5 Å². The van der Waals surface area contributed by atoms with Crippen molar-refractivity contribution in [2.75, 3.05) is 5.32 Å². The van der Waals surface area contributed by atoms with Crippen molar-refractivity contribution in [3.05, 3.63) is 88.1 Å². The number of H-pyrrole nitrogens is 1. The molecule has 8 heteroatoms. The van der Waals surface area contributed by atoms with Crippen LogP contribution in [0.4, 0.5) is 10.1 Å². The van der Waals surface area contributed by atoms with Gasteiger partial charge in [0.15, 0.2) is 0 Å². The summed E-state index contributed by atoms with van der Waals surface area (Å²) in [5, 5.41) is 12.2. The van der Waals surface area contributed by atoms with E-state index in [9.17, 15) is 14.0 Å². The number of carbonyl (C=O) groups excluding carboxylic acids is 1. The van der Waals surface area contributed by atoms with Crippen molar-refractivity contribution in [3.63, 3.8) is 0 Å². The summed E-state index contributed by atoms with van der Waals surface area (Å²) in [5.41, 5.74) is 1.21. The molecule has 2 heterocycles. The molecule has 0 aliphatic rings. The minimum Gasteiger partial charge on any atom is -0.491 e. The van der Waals surface area contributed by atoms with Crippen molar-refractivity contribution < 1.29 is 13.9 Å². The first-order chi connectivity index (χ1) is 15.3. The number of aromatic amines is 1. The minimum atomic E-state index is -0.630. The van der Waals surface area contributed by atoms with Crippen molar-refractivity contribution in [2.45, 2.75) is 20.0 Å². The van der Waals surface area contributed by atoms with E-state index in [-0.39, 0.29) is 28.6 Å². The Bertz CT molecular complexity index is 1410. The van der Waals surface area contributed by atoms with Gasteiger partial charge in [0.2, 0.25) is 0 Å². The number of nitrogens with zero attached hydrogens (tertiary/aromatic N) is 2. The Morgan fingerprint density at radius 1 is 1.12 bits per heavy atom. The fourth-order valence-electron chi connectivity index (χ4n) is 3.37. The van der Waals surface area contributed by atoms with Gasteiger partial charge in [-0.15, -0.1) is 0 Å². The van der Waals surface area contributed by atoms with Crippen LogP contribution in [0.3, 0.4) is 0 Å². The van der Waals surface area contributed by atoms with Crippen molar-refractivity contribution in [3.8, 4) is 17.5 Å². The summed E-state index contributed by atoms with van der Waals surface area (Å²) in [5.74, 6) is -0.479. The van der Waals surface area contributed by atoms with Gasteiger partial charge >= 0.3 is 0 Å². The maximum Gasteiger partial charge on any atom is 0.272 e. The SMILES string of the molecule is CC(C)Oc1ccc(-n2c(=O)ccc3cc(C(=O)Nc4cc(F)cc(C#N)c4)[nH]c32)cc1. The summed E-state index contributed by atoms with van der Waals surface area (Å²) < 4.78 is 20.8. The lowest BCUT2D eigenvalue weighted by atomic mass is 10.2. The lowest BCUT2D eigenvalue weighted by Crippen LogP contribution is -2.18. The molecule has 0 spiro atoms. The molecule has 0 radical (unpaired) electrons. The molecule has 160 valence electrons. The Hall–Kier alpha value is -4.38. The number of pyridine rings is 1. The van der Waals surface area contributed by atoms with E-state index in [1.807, 2.05) is 19.9 Å². The Kier molecular flexibility index (Phi) is 5.48. The largest absolute Gasteiger partial charge is 0.491 e. The predicted molar refractivity (Wildman–Crippen MR) is 119 cm³/mol. The standard InChI is InChI=1S/C24H19FN4O3/c1-14(2)32-20-6-4-19(5-7-20)29-22(30)8-3-16-11-21(28-23(16)29)24(31)27-18-10-15(13-26)9-17(25)12-18/h3-12,14,28H,1-2H3,(H,27,31). The zero-order valence-corrected chi connectivity index (χ0v) is 17.3. The molecule has 2 aromatic carbocycles. The van der Waals surface area contributed by atoms with Gasteiger partial charge < -0.3 is 15.0 Å². The monoisotopic (exact) mass is 430 g/mol. The normalized spacial score (nSPS) is 10.8. The molecule has 4 rings (SSSR count). The Morgan fingerprint density at radius 3 is 2.56 bits per heavy atom. The van der Waals surface area contributed by atoms with Crippen LogP contribution in [0.1, 0.15) is 29.9 Å². The third kappa shape index (κ3) is 4.23. The number of rotatable bonds is 5. The minimum absolute atomic E-state index is 0.0267. The lowest BCUT2D eigenvalue weighted by Gasteiger charge is -2.11. The quantitative estimate of drug-likeness (QED) is 0.491. The molecular weight excluding hydrogens is 411 g/mol. The zero-order chi connectivity index (χ0) is 22.8. The van der Waals surface area contributed by atoms with Crippen LogP contribution in [-0.2, 0) is 0 Å². The van der Waals surface area contributed by atoms with Crippen LogP contribution in [-0.4, -0.2) is 21.6 Å². The number of fused-ring (bicyclic) bond motifs is 1. The Morgan fingerprint density at radius 2 is 1.88 bits per heavy atom. The highest BCUT2D eigenvalue weighted by atomic mass is 19.1. The number of hydrogen-bond acceptors (Lipinski definition) is 4. The van der Waals surface area contributed by atoms with E-state index in [1.165, 1.54) is 16.7 Å². The average Bonchev–Trinajstić information content (AvgIpc) is 3.18. The third-order valence-corrected chi connectivity index (χ3v) is 4.67. The van der Waals surface area contributed by atoms with Crippen LogP contribution in [0, 0.1) is 17.1 Å². The topological polar surface area (TPSA) is 99.9 Å². The smallest absolute Gasteiger partial charge is 0.272 e. The van der Waals surface area contributed by atoms with Crippen LogP contribution < -0.4 is 15.6 Å². The molecule has 0 aliphatic heterocycles. The summed E-state index contributed by atoms with van der Waals surface area (Å²) in [7, 11) is 0. The summed E-state index contributed by atoms with van der Waals surface area (Å²) in [6, 6.07) is 17.1. The molecule has 7 nitrogen and oxygen atoms in total. The molecule has 0 saturated heterocycles. The molecule has 32 heavy (non-hydrogen) atoms. The van der Waals surface area contributed by atoms with E-state index < -0.39 is 11.7 Å². The first-order valence-corrected chi connectivity index (χ1v) is 9.88. The van der Waals surface area contributed by atoms with E-state index >= 15 is 0 Å². The summed E-state index contributed by atoms with van der Waals surface area (Å²) in [6.07, 6.45) is 0.0267. The van der Waals surface area contributed by atoms with Gasteiger partial charge in [-0.05, 0) is 68.4 Å². The van der Waals surface area contributed by atoms with Crippen LogP contribution in [0.5, 0.6) is 5.75 Å². The van der Waals surface area contributed by atoms with Gasteiger partial charge in [0.05, 0.1) is 23.4 Å². The molecule has 4 aromatic rings. The summed E-state index contributed by atoms with van der Waals surface area (Å²) in [6.45, 7) is 3.85. The van der Waals surface area contributed by atoms with Crippen LogP contribution >= 0.6 is 0 Å². The second-order valence-electron chi connectivity index (χ2n) is 7.45. The molecule has 0 unspecified atom stereocenters. The number of aromatic nitrogens is 2. The van der Waals surface area contributed by atoms with Crippen molar-refractivity contribution in [1.82, 2.24) is 9.55 Å². The third-order valence-electron chi connectivity index (χ3n) is 4.67. The van der Waals surface area contributed by atoms with Gasteiger partial charge in [-0.2, -0.15) is 5.26 Å². The van der Waals surface area contributed by atoms with Crippen LogP contribution in [0.15, 0.2) is 65.5 Å². The number of ether oxygens (including phenoxy) is 1.